The molecule has 0 bridgehead atoms. The zero-order valence-electron chi connectivity index (χ0n) is 17.8. The van der Waals surface area contributed by atoms with E-state index in [1.54, 1.807) is 0 Å². The van der Waals surface area contributed by atoms with Crippen LogP contribution in [0.4, 0.5) is 11.6 Å². The second kappa shape index (κ2) is 7.36. The molecule has 1 saturated carbocycles. The Labute approximate surface area is 168 Å². The van der Waals surface area contributed by atoms with Crippen LogP contribution in [0.5, 0.6) is 0 Å². The number of aromatic nitrogens is 2. The molecule has 0 saturated heterocycles. The van der Waals surface area contributed by atoms with E-state index in [0.29, 0.717) is 18.6 Å². The van der Waals surface area contributed by atoms with Crippen LogP contribution in [0.25, 0.3) is 0 Å². The van der Waals surface area contributed by atoms with E-state index < -0.39 is 0 Å². The highest BCUT2D eigenvalue weighted by atomic mass is 16.1. The van der Waals surface area contributed by atoms with Crippen molar-refractivity contribution in [2.75, 3.05) is 11.6 Å². The van der Waals surface area contributed by atoms with Gasteiger partial charge in [-0.3, -0.25) is 19.2 Å². The van der Waals surface area contributed by atoms with Gasteiger partial charge in [0.25, 0.3) is 5.56 Å². The Morgan fingerprint density at radius 1 is 1.04 bits per heavy atom. The summed E-state index contributed by atoms with van der Waals surface area (Å²) in [5.41, 5.74) is 5.28. The molecule has 1 aliphatic heterocycles. The van der Waals surface area contributed by atoms with Crippen LogP contribution in [-0.4, -0.2) is 27.2 Å². The van der Waals surface area contributed by atoms with Crippen molar-refractivity contribution in [3.8, 4) is 0 Å². The van der Waals surface area contributed by atoms with Crippen molar-refractivity contribution in [1.29, 1.82) is 0 Å². The number of benzene rings is 1. The zero-order valence-corrected chi connectivity index (χ0v) is 17.8. The molecule has 2 heterocycles. The highest BCUT2D eigenvalue weighted by molar-refractivity contribution is 5.63. The molecule has 1 aromatic heterocycles. The summed E-state index contributed by atoms with van der Waals surface area (Å²) < 4.78 is 1.88. The lowest BCUT2D eigenvalue weighted by atomic mass is 9.85. The molecule has 2 aliphatic rings. The van der Waals surface area contributed by atoms with Gasteiger partial charge in [-0.05, 0) is 58.1 Å². The maximum Gasteiger partial charge on any atom is 0.259 e. The summed E-state index contributed by atoms with van der Waals surface area (Å²) in [6.07, 6.45) is 5.09. The van der Waals surface area contributed by atoms with Crippen LogP contribution < -0.4 is 10.5 Å². The molecule has 0 amide bonds. The van der Waals surface area contributed by atoms with Crippen LogP contribution in [0.15, 0.2) is 23.0 Å². The first-order valence-corrected chi connectivity index (χ1v) is 10.5. The fourth-order valence-corrected chi connectivity index (χ4v) is 4.89. The van der Waals surface area contributed by atoms with Crippen LogP contribution in [-0.2, 0) is 6.67 Å². The van der Waals surface area contributed by atoms with E-state index in [9.17, 15) is 4.79 Å². The molecule has 5 nitrogen and oxygen atoms in total. The normalized spacial score (nSPS) is 23.0. The van der Waals surface area contributed by atoms with E-state index in [1.807, 2.05) is 18.4 Å². The average Bonchev–Trinajstić information content (AvgIpc) is 2.66. The Bertz CT molecular complexity index is 948. The van der Waals surface area contributed by atoms with E-state index in [0.717, 1.165) is 29.6 Å². The number of anilines is 2. The minimum atomic E-state index is 0.0884. The number of nitrogens with zero attached hydrogens (tertiary/aromatic N) is 4. The maximum absolute atomic E-state index is 13.1. The third kappa shape index (κ3) is 3.26. The Morgan fingerprint density at radius 2 is 1.79 bits per heavy atom. The minimum Gasteiger partial charge on any atom is -0.298 e. The predicted octanol–water partition coefficient (Wildman–Crippen LogP) is 4.42. The molecular formula is C23H32N4O. The van der Waals surface area contributed by atoms with Crippen molar-refractivity contribution in [2.45, 2.75) is 73.0 Å². The summed E-state index contributed by atoms with van der Waals surface area (Å²) >= 11 is 0. The van der Waals surface area contributed by atoms with Crippen LogP contribution in [0.3, 0.4) is 0 Å². The summed E-state index contributed by atoms with van der Waals surface area (Å²) in [6, 6.07) is 7.04. The second-order valence-electron chi connectivity index (χ2n) is 8.77. The van der Waals surface area contributed by atoms with Crippen LogP contribution >= 0.6 is 0 Å². The van der Waals surface area contributed by atoms with E-state index in [2.05, 4.69) is 48.8 Å². The van der Waals surface area contributed by atoms with Gasteiger partial charge in [0.2, 0.25) is 5.95 Å². The fraction of sp³-hybridized carbons (Fsp3) is 0.565. The summed E-state index contributed by atoms with van der Waals surface area (Å²) in [5, 5.41) is 0. The van der Waals surface area contributed by atoms with Crippen molar-refractivity contribution in [3.05, 3.63) is 50.9 Å². The molecule has 0 spiro atoms. The number of fused-ring (bicyclic) bond motifs is 1. The van der Waals surface area contributed by atoms with Gasteiger partial charge < -0.3 is 0 Å². The average molecular weight is 381 g/mol. The molecule has 0 N–H and O–H groups in total. The van der Waals surface area contributed by atoms with Gasteiger partial charge in [0.1, 0.15) is 0 Å². The third-order valence-electron chi connectivity index (χ3n) is 6.68. The highest BCUT2D eigenvalue weighted by Gasteiger charge is 2.34. The van der Waals surface area contributed by atoms with Crippen LogP contribution in [0.2, 0.25) is 0 Å². The Hall–Kier alpha value is -2.14. The highest BCUT2D eigenvalue weighted by Crippen LogP contribution is 2.35. The Balaban J connectivity index is 1.83. The first kappa shape index (κ1) is 19.2. The lowest BCUT2D eigenvalue weighted by Gasteiger charge is -2.45. The van der Waals surface area contributed by atoms with Gasteiger partial charge in [-0.25, -0.2) is 4.98 Å². The smallest absolute Gasteiger partial charge is 0.259 e. The number of hydrogen-bond donors (Lipinski definition) is 0. The number of aryl methyl sites for hydroxylation is 3. The van der Waals surface area contributed by atoms with E-state index >= 15 is 0 Å². The molecule has 2 unspecified atom stereocenters. The van der Waals surface area contributed by atoms with Gasteiger partial charge in [-0.2, -0.15) is 0 Å². The predicted molar refractivity (Wildman–Crippen MR) is 114 cm³/mol. The largest absolute Gasteiger partial charge is 0.298 e. The topological polar surface area (TPSA) is 41.4 Å². The van der Waals surface area contributed by atoms with Gasteiger partial charge in [0, 0.05) is 23.0 Å². The second-order valence-corrected chi connectivity index (χ2v) is 8.77. The molecule has 150 valence electrons. The standard InChI is InChI=1S/C23H32N4O/c1-15-10-11-21(17(3)12-15)26-13-25(20-9-7-6-8-16(20)2)14-27-22(28)18(4)19(5)24-23(26)27/h10-12,16,20H,6-9,13-14H2,1-5H3. The molecule has 4 rings (SSSR count). The molecule has 1 aromatic carbocycles. The van der Waals surface area contributed by atoms with Gasteiger partial charge in [0.05, 0.1) is 13.3 Å². The van der Waals surface area contributed by atoms with Gasteiger partial charge in [-0.1, -0.05) is 37.5 Å². The van der Waals surface area contributed by atoms with Crippen LogP contribution in [0, 0.1) is 33.6 Å². The molecule has 5 heteroatoms. The minimum absolute atomic E-state index is 0.0884. The van der Waals surface area contributed by atoms with E-state index in [4.69, 9.17) is 4.98 Å². The van der Waals surface area contributed by atoms with Crippen molar-refractivity contribution in [1.82, 2.24) is 14.5 Å². The van der Waals surface area contributed by atoms with Crippen molar-refractivity contribution >= 4 is 11.6 Å². The number of rotatable bonds is 2. The zero-order chi connectivity index (χ0) is 20.0. The Kier molecular flexibility index (Phi) is 5.04. The van der Waals surface area contributed by atoms with Crippen molar-refractivity contribution < 1.29 is 0 Å². The molecular weight excluding hydrogens is 348 g/mol. The third-order valence-corrected chi connectivity index (χ3v) is 6.68. The summed E-state index contributed by atoms with van der Waals surface area (Å²) in [5.74, 6) is 1.44. The first-order chi connectivity index (χ1) is 13.4. The molecule has 1 aliphatic carbocycles. The molecule has 1 fully saturated rings. The summed E-state index contributed by atoms with van der Waals surface area (Å²) in [4.78, 5) is 22.7. The fourth-order valence-electron chi connectivity index (χ4n) is 4.89. The van der Waals surface area contributed by atoms with Crippen LogP contribution in [0.1, 0.15) is 55.0 Å². The molecule has 0 radical (unpaired) electrons. The lowest BCUT2D eigenvalue weighted by Crippen LogP contribution is -2.53. The van der Waals surface area contributed by atoms with Gasteiger partial charge >= 0.3 is 0 Å². The molecule has 2 atom stereocenters. The first-order valence-electron chi connectivity index (χ1n) is 10.5. The summed E-state index contributed by atoms with van der Waals surface area (Å²) in [6.45, 7) is 11.9. The van der Waals surface area contributed by atoms with E-state index in [1.165, 1.54) is 36.8 Å². The lowest BCUT2D eigenvalue weighted by molar-refractivity contribution is 0.0723. The SMILES string of the molecule is Cc1ccc(N2CN(C3CCCCC3C)Cn3c2nc(C)c(C)c3=O)c(C)c1. The van der Waals surface area contributed by atoms with Crippen molar-refractivity contribution in [3.63, 3.8) is 0 Å². The summed E-state index contributed by atoms with van der Waals surface area (Å²) in [7, 11) is 0. The van der Waals surface area contributed by atoms with Crippen molar-refractivity contribution in [2.24, 2.45) is 5.92 Å². The molecule has 2 aromatic rings. The van der Waals surface area contributed by atoms with Gasteiger partial charge in [-0.15, -0.1) is 0 Å². The maximum atomic E-state index is 13.1. The van der Waals surface area contributed by atoms with E-state index in [-0.39, 0.29) is 5.56 Å². The van der Waals surface area contributed by atoms with Gasteiger partial charge in [0.15, 0.2) is 0 Å². The number of hydrogen-bond acceptors (Lipinski definition) is 4. The quantitative estimate of drug-likeness (QED) is 0.773. The molecule has 28 heavy (non-hydrogen) atoms. The Morgan fingerprint density at radius 3 is 2.50 bits per heavy atom. The monoisotopic (exact) mass is 380 g/mol.